The van der Waals surface area contributed by atoms with Crippen LogP contribution in [0.3, 0.4) is 0 Å². The molecule has 2 aliphatic rings. The van der Waals surface area contributed by atoms with E-state index < -0.39 is 0 Å². The Morgan fingerprint density at radius 3 is 2.68 bits per heavy atom. The minimum atomic E-state index is -0.212. The molecule has 4 heteroatoms. The van der Waals surface area contributed by atoms with Crippen LogP contribution < -0.4 is 11.1 Å². The molecule has 0 aromatic rings. The number of piperidine rings is 1. The molecular weight excluding hydrogens is 238 g/mol. The molecule has 0 radical (unpaired) electrons. The summed E-state index contributed by atoms with van der Waals surface area (Å²) in [5.74, 6) is 1.27. The van der Waals surface area contributed by atoms with Crippen molar-refractivity contribution in [2.75, 3.05) is 32.7 Å². The molecular formula is C15H31N3O. The summed E-state index contributed by atoms with van der Waals surface area (Å²) < 4.78 is 0. The fraction of sp³-hybridized carbons (Fsp3) is 1.00. The van der Waals surface area contributed by atoms with E-state index in [1.807, 2.05) is 6.92 Å². The van der Waals surface area contributed by atoms with Gasteiger partial charge in [-0.3, -0.25) is 0 Å². The van der Waals surface area contributed by atoms with E-state index in [-0.39, 0.29) is 6.10 Å². The van der Waals surface area contributed by atoms with Gasteiger partial charge in [-0.15, -0.1) is 0 Å². The second-order valence-electron chi connectivity index (χ2n) is 6.54. The fourth-order valence-corrected chi connectivity index (χ4v) is 3.64. The van der Waals surface area contributed by atoms with E-state index in [1.165, 1.54) is 25.7 Å². The Morgan fingerprint density at radius 1 is 1.32 bits per heavy atom. The van der Waals surface area contributed by atoms with Gasteiger partial charge in [0.15, 0.2) is 0 Å². The maximum absolute atomic E-state index is 9.87. The molecule has 0 aromatic carbocycles. The van der Waals surface area contributed by atoms with Gasteiger partial charge >= 0.3 is 0 Å². The number of nitrogens with one attached hydrogen (secondary N) is 1. The average molecular weight is 269 g/mol. The second-order valence-corrected chi connectivity index (χ2v) is 6.54. The zero-order valence-corrected chi connectivity index (χ0v) is 12.4. The Hall–Kier alpha value is -0.160. The highest BCUT2D eigenvalue weighted by Gasteiger charge is 2.29. The molecule has 3 atom stereocenters. The van der Waals surface area contributed by atoms with E-state index in [0.717, 1.165) is 38.5 Å². The summed E-state index contributed by atoms with van der Waals surface area (Å²) in [6, 6.07) is 0.528. The maximum atomic E-state index is 9.87. The number of likely N-dealkylation sites (tertiary alicyclic amines) is 1. The van der Waals surface area contributed by atoms with Crippen LogP contribution in [0.1, 0.15) is 39.0 Å². The van der Waals surface area contributed by atoms with Gasteiger partial charge < -0.3 is 21.1 Å². The summed E-state index contributed by atoms with van der Waals surface area (Å²) in [7, 11) is 0. The van der Waals surface area contributed by atoms with Crippen LogP contribution in [0.25, 0.3) is 0 Å². The first-order valence-electron chi connectivity index (χ1n) is 8.03. The predicted molar refractivity (Wildman–Crippen MR) is 79.0 cm³/mol. The first-order chi connectivity index (χ1) is 9.19. The first-order valence-corrected chi connectivity index (χ1v) is 8.03. The Bertz CT molecular complexity index is 254. The average Bonchev–Trinajstić information content (AvgIpc) is 2.89. The molecule has 2 fully saturated rings. The van der Waals surface area contributed by atoms with Gasteiger partial charge in [0.2, 0.25) is 0 Å². The minimum absolute atomic E-state index is 0.212. The van der Waals surface area contributed by atoms with Crippen molar-refractivity contribution in [3.05, 3.63) is 0 Å². The summed E-state index contributed by atoms with van der Waals surface area (Å²) >= 11 is 0. The van der Waals surface area contributed by atoms with Gasteiger partial charge in [0, 0.05) is 32.2 Å². The third kappa shape index (κ3) is 4.71. The van der Waals surface area contributed by atoms with E-state index in [4.69, 9.17) is 5.73 Å². The number of hydrogen-bond acceptors (Lipinski definition) is 4. The lowest BCUT2D eigenvalue weighted by atomic mass is 9.90. The lowest BCUT2D eigenvalue weighted by Crippen LogP contribution is -2.53. The molecule has 4 nitrogen and oxygen atoms in total. The molecule has 0 spiro atoms. The van der Waals surface area contributed by atoms with E-state index in [1.54, 1.807) is 0 Å². The number of nitrogens with two attached hydrogens (primary N) is 1. The SMILES string of the molecule is CC(O)C1CC(NCC2CCCC2)CN(CCN)C1. The van der Waals surface area contributed by atoms with Crippen molar-refractivity contribution < 1.29 is 5.11 Å². The molecule has 0 bridgehead atoms. The molecule has 0 amide bonds. The monoisotopic (exact) mass is 269 g/mol. The van der Waals surface area contributed by atoms with Crippen molar-refractivity contribution in [3.63, 3.8) is 0 Å². The standard InChI is InChI=1S/C15H31N3O/c1-12(19)14-8-15(11-18(10-14)7-6-16)17-9-13-4-2-3-5-13/h12-15,17,19H,2-11,16H2,1H3. The van der Waals surface area contributed by atoms with Crippen molar-refractivity contribution in [2.24, 2.45) is 17.6 Å². The summed E-state index contributed by atoms with van der Waals surface area (Å²) in [5, 5.41) is 13.6. The fourth-order valence-electron chi connectivity index (χ4n) is 3.64. The first kappa shape index (κ1) is 15.2. The van der Waals surface area contributed by atoms with Crippen LogP contribution in [0.2, 0.25) is 0 Å². The molecule has 0 aromatic heterocycles. The normalized spacial score (nSPS) is 31.7. The zero-order valence-electron chi connectivity index (χ0n) is 12.4. The van der Waals surface area contributed by atoms with Crippen molar-refractivity contribution >= 4 is 0 Å². The topological polar surface area (TPSA) is 61.5 Å². The zero-order chi connectivity index (χ0) is 13.7. The van der Waals surface area contributed by atoms with Gasteiger partial charge in [-0.1, -0.05) is 12.8 Å². The molecule has 3 unspecified atom stereocenters. The molecule has 1 saturated carbocycles. The molecule has 1 heterocycles. The van der Waals surface area contributed by atoms with E-state index in [0.29, 0.717) is 18.5 Å². The summed E-state index contributed by atoms with van der Waals surface area (Å²) in [5.41, 5.74) is 5.68. The number of rotatable bonds is 6. The summed E-state index contributed by atoms with van der Waals surface area (Å²) in [6.07, 6.45) is 6.50. The molecule has 1 aliphatic carbocycles. The molecule has 112 valence electrons. The van der Waals surface area contributed by atoms with Gasteiger partial charge in [0.05, 0.1) is 6.10 Å². The van der Waals surface area contributed by atoms with Crippen LogP contribution in [0.5, 0.6) is 0 Å². The molecule has 1 aliphatic heterocycles. The van der Waals surface area contributed by atoms with Gasteiger partial charge in [0.1, 0.15) is 0 Å². The lowest BCUT2D eigenvalue weighted by molar-refractivity contribution is 0.0486. The van der Waals surface area contributed by atoms with Gasteiger partial charge in [-0.2, -0.15) is 0 Å². The van der Waals surface area contributed by atoms with Gasteiger partial charge in [-0.25, -0.2) is 0 Å². The van der Waals surface area contributed by atoms with Gasteiger partial charge in [-0.05, 0) is 44.6 Å². The van der Waals surface area contributed by atoms with Crippen molar-refractivity contribution in [1.29, 1.82) is 0 Å². The second kappa shape index (κ2) is 7.58. The number of hydrogen-bond donors (Lipinski definition) is 3. The van der Waals surface area contributed by atoms with Crippen LogP contribution in [-0.4, -0.2) is 54.9 Å². The highest BCUT2D eigenvalue weighted by atomic mass is 16.3. The predicted octanol–water partition coefficient (Wildman–Crippen LogP) is 0.796. The Kier molecular flexibility index (Phi) is 6.07. The van der Waals surface area contributed by atoms with Crippen LogP contribution in [-0.2, 0) is 0 Å². The Balaban J connectivity index is 1.79. The Morgan fingerprint density at radius 2 is 2.05 bits per heavy atom. The summed E-state index contributed by atoms with van der Waals surface area (Å²) in [6.45, 7) is 6.83. The van der Waals surface area contributed by atoms with E-state index in [9.17, 15) is 5.11 Å². The Labute approximate surface area is 117 Å². The largest absolute Gasteiger partial charge is 0.393 e. The molecule has 19 heavy (non-hydrogen) atoms. The highest BCUT2D eigenvalue weighted by molar-refractivity contribution is 4.86. The molecule has 4 N–H and O–H groups in total. The quantitative estimate of drug-likeness (QED) is 0.667. The van der Waals surface area contributed by atoms with Crippen molar-refractivity contribution in [2.45, 2.75) is 51.2 Å². The third-order valence-corrected chi connectivity index (χ3v) is 4.86. The van der Waals surface area contributed by atoms with Crippen LogP contribution in [0.15, 0.2) is 0 Å². The van der Waals surface area contributed by atoms with E-state index >= 15 is 0 Å². The maximum Gasteiger partial charge on any atom is 0.0553 e. The third-order valence-electron chi connectivity index (χ3n) is 4.86. The molecule has 1 saturated heterocycles. The van der Waals surface area contributed by atoms with Gasteiger partial charge in [0.25, 0.3) is 0 Å². The van der Waals surface area contributed by atoms with E-state index in [2.05, 4.69) is 10.2 Å². The number of aliphatic hydroxyl groups is 1. The summed E-state index contributed by atoms with van der Waals surface area (Å²) in [4.78, 5) is 2.41. The smallest absolute Gasteiger partial charge is 0.0553 e. The van der Waals surface area contributed by atoms with Crippen molar-refractivity contribution in [1.82, 2.24) is 10.2 Å². The lowest BCUT2D eigenvalue weighted by Gasteiger charge is -2.39. The number of aliphatic hydroxyl groups excluding tert-OH is 1. The van der Waals surface area contributed by atoms with Crippen molar-refractivity contribution in [3.8, 4) is 0 Å². The number of nitrogens with zero attached hydrogens (tertiary/aromatic N) is 1. The molecule has 2 rings (SSSR count). The van der Waals surface area contributed by atoms with Crippen LogP contribution in [0.4, 0.5) is 0 Å². The minimum Gasteiger partial charge on any atom is -0.393 e. The van der Waals surface area contributed by atoms with Crippen LogP contribution in [0, 0.1) is 11.8 Å². The van der Waals surface area contributed by atoms with Crippen LogP contribution >= 0.6 is 0 Å². The highest BCUT2D eigenvalue weighted by Crippen LogP contribution is 2.25.